The number of aromatic nitrogens is 3. The third kappa shape index (κ3) is 6.85. The van der Waals surface area contributed by atoms with Crippen LogP contribution >= 0.6 is 0 Å². The Bertz CT molecular complexity index is 392. The number of nitrogens with zero attached hydrogens (tertiary/aromatic N) is 3. The first kappa shape index (κ1) is 16.9. The van der Waals surface area contributed by atoms with Gasteiger partial charge in [-0.1, -0.05) is 13.8 Å². The van der Waals surface area contributed by atoms with E-state index in [0.717, 1.165) is 12.4 Å². The summed E-state index contributed by atoms with van der Waals surface area (Å²) in [5, 5.41) is 4.11. The zero-order valence-electron chi connectivity index (χ0n) is 11.7. The van der Waals surface area contributed by atoms with Crippen molar-refractivity contribution in [2.75, 3.05) is 13.2 Å². The third-order valence-electron chi connectivity index (χ3n) is 2.58. The van der Waals surface area contributed by atoms with Gasteiger partial charge in [0, 0.05) is 25.6 Å². The molecule has 0 amide bonds. The fourth-order valence-electron chi connectivity index (χ4n) is 1.70. The molecule has 1 heterocycles. The maximum absolute atomic E-state index is 11.9. The van der Waals surface area contributed by atoms with Crippen LogP contribution in [0.15, 0.2) is 6.33 Å². The molecule has 8 heteroatoms. The largest absolute Gasteiger partial charge is 0.411 e. The molecule has 1 aromatic rings. The van der Waals surface area contributed by atoms with E-state index in [4.69, 9.17) is 5.73 Å². The van der Waals surface area contributed by atoms with Crippen molar-refractivity contribution in [3.63, 3.8) is 0 Å². The fourth-order valence-corrected chi connectivity index (χ4v) is 1.70. The van der Waals surface area contributed by atoms with E-state index < -0.39 is 12.8 Å². The average molecular weight is 294 g/mol. The van der Waals surface area contributed by atoms with Crippen molar-refractivity contribution in [1.29, 1.82) is 0 Å². The second kappa shape index (κ2) is 7.58. The summed E-state index contributed by atoms with van der Waals surface area (Å²) in [5.74, 6) is 1.18. The van der Waals surface area contributed by atoms with Crippen LogP contribution in [0.1, 0.15) is 26.1 Å². The number of nitrogens with two attached hydrogens (primary N) is 1. The van der Waals surface area contributed by atoms with Crippen LogP contribution < -0.4 is 5.73 Å². The smallest absolute Gasteiger partial charge is 0.372 e. The van der Waals surface area contributed by atoms with Gasteiger partial charge in [-0.25, -0.2) is 9.67 Å². The highest BCUT2D eigenvalue weighted by atomic mass is 19.4. The minimum Gasteiger partial charge on any atom is -0.372 e. The van der Waals surface area contributed by atoms with E-state index in [0.29, 0.717) is 18.8 Å². The molecule has 0 aliphatic rings. The van der Waals surface area contributed by atoms with E-state index in [2.05, 4.69) is 28.7 Å². The molecule has 1 aromatic heterocycles. The second-order valence-corrected chi connectivity index (χ2v) is 5.17. The minimum atomic E-state index is -4.29. The zero-order chi connectivity index (χ0) is 15.2. The highest BCUT2D eigenvalue weighted by molar-refractivity contribution is 4.89. The molecule has 0 radical (unpaired) electrons. The van der Waals surface area contributed by atoms with Gasteiger partial charge in [0.1, 0.15) is 18.8 Å². The lowest BCUT2D eigenvalue weighted by atomic mass is 10.1. The van der Waals surface area contributed by atoms with Crippen molar-refractivity contribution in [2.45, 2.75) is 45.5 Å². The standard InChI is InChI=1S/C12H21F3N4O/c1-9(2)6-19-11(17-8-18-19)5-10(16)3-4-20-7-12(13,14)15/h8-10H,3-7,16H2,1-2H3. The average Bonchev–Trinajstić information content (AvgIpc) is 2.70. The maximum Gasteiger partial charge on any atom is 0.411 e. The fraction of sp³-hybridized carbons (Fsp3) is 0.833. The van der Waals surface area contributed by atoms with Crippen molar-refractivity contribution in [1.82, 2.24) is 14.8 Å². The normalized spacial score (nSPS) is 13.9. The van der Waals surface area contributed by atoms with Crippen molar-refractivity contribution in [3.8, 4) is 0 Å². The van der Waals surface area contributed by atoms with Gasteiger partial charge < -0.3 is 10.5 Å². The van der Waals surface area contributed by atoms with Crippen LogP contribution in [0.5, 0.6) is 0 Å². The monoisotopic (exact) mass is 294 g/mol. The number of rotatable bonds is 8. The van der Waals surface area contributed by atoms with E-state index in [-0.39, 0.29) is 12.6 Å². The molecule has 0 bridgehead atoms. The molecular formula is C12H21F3N4O. The summed E-state index contributed by atoms with van der Waals surface area (Å²) in [7, 11) is 0. The zero-order valence-corrected chi connectivity index (χ0v) is 11.7. The molecular weight excluding hydrogens is 273 g/mol. The second-order valence-electron chi connectivity index (χ2n) is 5.17. The van der Waals surface area contributed by atoms with Crippen LogP contribution in [0.25, 0.3) is 0 Å². The van der Waals surface area contributed by atoms with Gasteiger partial charge in [-0.2, -0.15) is 18.3 Å². The van der Waals surface area contributed by atoms with Gasteiger partial charge in [-0.3, -0.25) is 0 Å². The molecule has 1 atom stereocenters. The number of ether oxygens (including phenoxy) is 1. The lowest BCUT2D eigenvalue weighted by Crippen LogP contribution is -2.28. The van der Waals surface area contributed by atoms with Crippen LogP contribution in [-0.2, 0) is 17.7 Å². The third-order valence-corrected chi connectivity index (χ3v) is 2.58. The summed E-state index contributed by atoms with van der Waals surface area (Å²) >= 11 is 0. The molecule has 20 heavy (non-hydrogen) atoms. The molecule has 0 spiro atoms. The molecule has 0 aliphatic heterocycles. The van der Waals surface area contributed by atoms with E-state index in [1.165, 1.54) is 6.33 Å². The van der Waals surface area contributed by atoms with Gasteiger partial charge >= 0.3 is 6.18 Å². The number of alkyl halides is 3. The van der Waals surface area contributed by atoms with Crippen molar-refractivity contribution in [3.05, 3.63) is 12.2 Å². The summed E-state index contributed by atoms with van der Waals surface area (Å²) in [6.45, 7) is 3.63. The molecule has 0 fully saturated rings. The van der Waals surface area contributed by atoms with Gasteiger partial charge in [0.25, 0.3) is 0 Å². The Balaban J connectivity index is 2.32. The van der Waals surface area contributed by atoms with Crippen LogP contribution in [0.4, 0.5) is 13.2 Å². The Morgan fingerprint density at radius 3 is 2.70 bits per heavy atom. The number of halogens is 3. The summed E-state index contributed by atoms with van der Waals surface area (Å²) < 4.78 is 42.0. The lowest BCUT2D eigenvalue weighted by molar-refractivity contribution is -0.174. The molecule has 0 saturated heterocycles. The molecule has 1 unspecified atom stereocenters. The maximum atomic E-state index is 11.9. The Kier molecular flexibility index (Phi) is 6.41. The first-order valence-corrected chi connectivity index (χ1v) is 6.54. The van der Waals surface area contributed by atoms with Crippen molar-refractivity contribution >= 4 is 0 Å². The van der Waals surface area contributed by atoms with E-state index in [1.54, 1.807) is 4.68 Å². The molecule has 0 saturated carbocycles. The van der Waals surface area contributed by atoms with Crippen molar-refractivity contribution < 1.29 is 17.9 Å². The Morgan fingerprint density at radius 1 is 1.40 bits per heavy atom. The van der Waals surface area contributed by atoms with Crippen LogP contribution in [0.3, 0.4) is 0 Å². The Hall–Kier alpha value is -1.15. The van der Waals surface area contributed by atoms with Gasteiger partial charge in [0.05, 0.1) is 0 Å². The SMILES string of the molecule is CC(C)Cn1ncnc1CC(N)CCOCC(F)(F)F. The van der Waals surface area contributed by atoms with E-state index in [1.807, 2.05) is 0 Å². The van der Waals surface area contributed by atoms with Crippen LogP contribution in [0, 0.1) is 5.92 Å². The van der Waals surface area contributed by atoms with E-state index in [9.17, 15) is 13.2 Å². The summed E-state index contributed by atoms with van der Waals surface area (Å²) in [6.07, 6.45) is -2.00. The topological polar surface area (TPSA) is 66.0 Å². The lowest BCUT2D eigenvalue weighted by Gasteiger charge is -2.14. The Labute approximate surface area is 116 Å². The van der Waals surface area contributed by atoms with E-state index >= 15 is 0 Å². The summed E-state index contributed by atoms with van der Waals surface area (Å²) in [5.41, 5.74) is 5.87. The first-order valence-electron chi connectivity index (χ1n) is 6.54. The minimum absolute atomic E-state index is 0.0149. The highest BCUT2D eigenvalue weighted by Crippen LogP contribution is 2.14. The van der Waals surface area contributed by atoms with Crippen LogP contribution in [0.2, 0.25) is 0 Å². The molecule has 0 aromatic carbocycles. The predicted molar refractivity (Wildman–Crippen MR) is 68.0 cm³/mol. The van der Waals surface area contributed by atoms with Gasteiger partial charge in [0.2, 0.25) is 0 Å². The molecule has 116 valence electrons. The molecule has 5 nitrogen and oxygen atoms in total. The van der Waals surface area contributed by atoms with Gasteiger partial charge in [0.15, 0.2) is 0 Å². The summed E-state index contributed by atoms with van der Waals surface area (Å²) in [6, 6.07) is -0.293. The van der Waals surface area contributed by atoms with Crippen LogP contribution in [-0.4, -0.2) is 40.2 Å². The number of hydrogen-bond acceptors (Lipinski definition) is 4. The molecule has 1 rings (SSSR count). The summed E-state index contributed by atoms with van der Waals surface area (Å²) in [4.78, 5) is 4.13. The molecule has 2 N–H and O–H groups in total. The quantitative estimate of drug-likeness (QED) is 0.742. The first-order chi connectivity index (χ1) is 9.28. The van der Waals surface area contributed by atoms with Crippen molar-refractivity contribution in [2.24, 2.45) is 11.7 Å². The number of hydrogen-bond donors (Lipinski definition) is 1. The van der Waals surface area contributed by atoms with Gasteiger partial charge in [-0.05, 0) is 12.3 Å². The highest BCUT2D eigenvalue weighted by Gasteiger charge is 2.27. The molecule has 0 aliphatic carbocycles. The van der Waals surface area contributed by atoms with Gasteiger partial charge in [-0.15, -0.1) is 0 Å². The Morgan fingerprint density at radius 2 is 2.10 bits per heavy atom. The predicted octanol–water partition coefficient (Wildman–Crippen LogP) is 1.77.